The van der Waals surface area contributed by atoms with E-state index >= 15 is 0 Å². The third-order valence-electron chi connectivity index (χ3n) is 2.54. The lowest BCUT2D eigenvalue weighted by Gasteiger charge is -2.19. The molecular weight excluding hydrogens is 200 g/mol. The molecule has 1 aliphatic rings. The van der Waals surface area contributed by atoms with Gasteiger partial charge in [0.05, 0.1) is 10.6 Å². The Kier molecular flexibility index (Phi) is 2.21. The van der Waals surface area contributed by atoms with Crippen molar-refractivity contribution < 1.29 is 4.79 Å². The number of halogens is 1. The minimum Gasteiger partial charge on any atom is -0.322 e. The summed E-state index contributed by atoms with van der Waals surface area (Å²) in [6.45, 7) is 0. The fourth-order valence-electron chi connectivity index (χ4n) is 1.85. The molecule has 0 saturated heterocycles. The van der Waals surface area contributed by atoms with Gasteiger partial charge in [0.25, 0.3) is 5.91 Å². The van der Waals surface area contributed by atoms with E-state index in [0.29, 0.717) is 10.6 Å². The van der Waals surface area contributed by atoms with Gasteiger partial charge in [-0.15, -0.1) is 0 Å². The first kappa shape index (κ1) is 9.49. The summed E-state index contributed by atoms with van der Waals surface area (Å²) in [5.41, 5.74) is 1.57. The molecule has 1 N–H and O–H groups in total. The van der Waals surface area contributed by atoms with Crippen molar-refractivity contribution in [3.05, 3.63) is 34.3 Å². The van der Waals surface area contributed by atoms with Crippen LogP contribution in [0.3, 0.4) is 0 Å². The minimum absolute atomic E-state index is 0.0232. The predicted octanol–water partition coefficient (Wildman–Crippen LogP) is 1.64. The van der Waals surface area contributed by atoms with E-state index in [0.717, 1.165) is 5.56 Å². The van der Waals surface area contributed by atoms with E-state index in [9.17, 15) is 4.79 Å². The average molecular weight is 211 g/mol. The summed E-state index contributed by atoms with van der Waals surface area (Å²) in [6.07, 6.45) is -0.0591. The second-order valence-corrected chi connectivity index (χ2v) is 3.72. The zero-order chi connectivity index (χ0) is 10.3. The summed E-state index contributed by atoms with van der Waals surface area (Å²) >= 11 is 5.98. The second kappa shape index (κ2) is 3.26. The van der Waals surface area contributed by atoms with Gasteiger partial charge in [-0.2, -0.15) is 0 Å². The summed E-state index contributed by atoms with van der Waals surface area (Å²) in [7, 11) is 3.59. The van der Waals surface area contributed by atoms with E-state index in [1.165, 1.54) is 0 Å². The van der Waals surface area contributed by atoms with E-state index in [2.05, 4.69) is 5.32 Å². The number of benzene rings is 1. The van der Waals surface area contributed by atoms with Crippen LogP contribution in [-0.4, -0.2) is 24.9 Å². The summed E-state index contributed by atoms with van der Waals surface area (Å²) < 4.78 is 0. The van der Waals surface area contributed by atoms with Crippen molar-refractivity contribution in [2.24, 2.45) is 0 Å². The molecule has 1 aliphatic heterocycles. The van der Waals surface area contributed by atoms with E-state index in [1.807, 2.05) is 19.2 Å². The number of carbonyl (C=O) groups is 1. The van der Waals surface area contributed by atoms with Crippen LogP contribution >= 0.6 is 11.6 Å². The Morgan fingerprint density at radius 2 is 2.21 bits per heavy atom. The van der Waals surface area contributed by atoms with Crippen molar-refractivity contribution in [3.8, 4) is 0 Å². The van der Waals surface area contributed by atoms with Crippen molar-refractivity contribution in [1.29, 1.82) is 0 Å². The SMILES string of the molecule is CNC1c2cccc(Cl)c2C(=O)N1C. The molecule has 3 nitrogen and oxygen atoms in total. The monoisotopic (exact) mass is 210 g/mol. The van der Waals surface area contributed by atoms with Gasteiger partial charge in [0.1, 0.15) is 6.17 Å². The zero-order valence-corrected chi connectivity index (χ0v) is 8.80. The molecule has 0 spiro atoms. The molecule has 0 radical (unpaired) electrons. The molecule has 1 amide bonds. The number of hydrogen-bond acceptors (Lipinski definition) is 2. The van der Waals surface area contributed by atoms with Gasteiger partial charge >= 0.3 is 0 Å². The smallest absolute Gasteiger partial charge is 0.257 e. The highest BCUT2D eigenvalue weighted by Crippen LogP contribution is 2.34. The lowest BCUT2D eigenvalue weighted by molar-refractivity contribution is 0.0757. The van der Waals surface area contributed by atoms with Gasteiger partial charge in [-0.25, -0.2) is 0 Å². The highest BCUT2D eigenvalue weighted by Gasteiger charge is 2.34. The lowest BCUT2D eigenvalue weighted by atomic mass is 10.1. The largest absolute Gasteiger partial charge is 0.322 e. The first-order valence-electron chi connectivity index (χ1n) is 4.39. The molecule has 14 heavy (non-hydrogen) atoms. The Bertz CT molecular complexity index is 392. The number of nitrogens with zero attached hydrogens (tertiary/aromatic N) is 1. The van der Waals surface area contributed by atoms with Crippen LogP contribution in [0.4, 0.5) is 0 Å². The number of rotatable bonds is 1. The quantitative estimate of drug-likeness (QED) is 0.765. The summed E-state index contributed by atoms with van der Waals surface area (Å²) in [5.74, 6) is -0.0232. The molecule has 1 atom stereocenters. The first-order chi connectivity index (χ1) is 6.66. The molecule has 4 heteroatoms. The van der Waals surface area contributed by atoms with Crippen LogP contribution in [0.25, 0.3) is 0 Å². The molecule has 0 fully saturated rings. The van der Waals surface area contributed by atoms with Crippen LogP contribution in [-0.2, 0) is 0 Å². The number of hydrogen-bond donors (Lipinski definition) is 1. The minimum atomic E-state index is -0.0591. The maximum absolute atomic E-state index is 11.8. The van der Waals surface area contributed by atoms with Crippen LogP contribution < -0.4 is 5.32 Å². The van der Waals surface area contributed by atoms with E-state index in [1.54, 1.807) is 18.0 Å². The highest BCUT2D eigenvalue weighted by molar-refractivity contribution is 6.34. The number of fused-ring (bicyclic) bond motifs is 1. The van der Waals surface area contributed by atoms with Crippen LogP contribution in [0.15, 0.2) is 18.2 Å². The number of carbonyl (C=O) groups excluding carboxylic acids is 1. The molecule has 1 unspecified atom stereocenters. The Hall–Kier alpha value is -1.06. The molecule has 0 bridgehead atoms. The van der Waals surface area contributed by atoms with Crippen molar-refractivity contribution in [1.82, 2.24) is 10.2 Å². The lowest BCUT2D eigenvalue weighted by Crippen LogP contribution is -2.31. The maximum Gasteiger partial charge on any atom is 0.257 e. The van der Waals surface area contributed by atoms with E-state index in [4.69, 9.17) is 11.6 Å². The van der Waals surface area contributed by atoms with Crippen molar-refractivity contribution >= 4 is 17.5 Å². The van der Waals surface area contributed by atoms with Crippen LogP contribution in [0.1, 0.15) is 22.1 Å². The van der Waals surface area contributed by atoms with Gasteiger partial charge in [-0.05, 0) is 13.1 Å². The molecule has 1 aromatic carbocycles. The second-order valence-electron chi connectivity index (χ2n) is 3.31. The fourth-order valence-corrected chi connectivity index (χ4v) is 2.11. The number of nitrogens with one attached hydrogen (secondary N) is 1. The topological polar surface area (TPSA) is 32.3 Å². The Morgan fingerprint density at radius 1 is 1.50 bits per heavy atom. The number of amides is 1. The van der Waals surface area contributed by atoms with Crippen LogP contribution in [0, 0.1) is 0 Å². The van der Waals surface area contributed by atoms with Crippen LogP contribution in [0.2, 0.25) is 5.02 Å². The Balaban J connectivity index is 2.61. The van der Waals surface area contributed by atoms with Crippen molar-refractivity contribution in [3.63, 3.8) is 0 Å². The van der Waals surface area contributed by atoms with Gasteiger partial charge in [-0.3, -0.25) is 10.1 Å². The van der Waals surface area contributed by atoms with Crippen LogP contribution in [0.5, 0.6) is 0 Å². The standard InChI is InChI=1S/C10H11ClN2O/c1-12-9-6-4-3-5-7(11)8(6)10(14)13(9)2/h3-5,9,12H,1-2H3. The predicted molar refractivity (Wildman–Crippen MR) is 55.3 cm³/mol. The van der Waals surface area contributed by atoms with Gasteiger partial charge in [0.2, 0.25) is 0 Å². The van der Waals surface area contributed by atoms with Crippen molar-refractivity contribution in [2.45, 2.75) is 6.17 Å². The first-order valence-corrected chi connectivity index (χ1v) is 4.77. The molecule has 2 rings (SSSR count). The Morgan fingerprint density at radius 3 is 2.86 bits per heavy atom. The fraction of sp³-hybridized carbons (Fsp3) is 0.300. The Labute approximate surface area is 87.7 Å². The highest BCUT2D eigenvalue weighted by atomic mass is 35.5. The average Bonchev–Trinajstić information content (AvgIpc) is 2.41. The molecule has 1 aromatic rings. The maximum atomic E-state index is 11.8. The van der Waals surface area contributed by atoms with Gasteiger partial charge in [0.15, 0.2) is 0 Å². The third kappa shape index (κ3) is 1.13. The third-order valence-corrected chi connectivity index (χ3v) is 2.85. The van der Waals surface area contributed by atoms with E-state index in [-0.39, 0.29) is 12.1 Å². The molecule has 74 valence electrons. The summed E-state index contributed by atoms with van der Waals surface area (Å²) in [5, 5.41) is 3.60. The summed E-state index contributed by atoms with van der Waals surface area (Å²) in [4.78, 5) is 13.4. The van der Waals surface area contributed by atoms with E-state index < -0.39 is 0 Å². The zero-order valence-electron chi connectivity index (χ0n) is 8.04. The van der Waals surface area contributed by atoms with Gasteiger partial charge in [0, 0.05) is 12.6 Å². The van der Waals surface area contributed by atoms with Gasteiger partial charge in [-0.1, -0.05) is 23.7 Å². The van der Waals surface area contributed by atoms with Gasteiger partial charge < -0.3 is 4.90 Å². The molecule has 0 aromatic heterocycles. The van der Waals surface area contributed by atoms with Crippen molar-refractivity contribution in [2.75, 3.05) is 14.1 Å². The molecule has 0 aliphatic carbocycles. The summed E-state index contributed by atoms with van der Waals surface area (Å²) in [6, 6.07) is 5.52. The molecular formula is C10H11ClN2O. The molecule has 0 saturated carbocycles. The normalized spacial score (nSPS) is 20.1. The molecule has 1 heterocycles.